The molecule has 27 heavy (non-hydrogen) atoms. The molecule has 6 N–H and O–H groups in total. The van der Waals surface area contributed by atoms with Gasteiger partial charge in [0, 0.05) is 35.0 Å². The Balaban J connectivity index is 2.09. The van der Waals surface area contributed by atoms with Crippen molar-refractivity contribution in [3.8, 4) is 0 Å². The molecular weight excluding hydrogens is 388 g/mol. The van der Waals surface area contributed by atoms with Crippen LogP contribution in [-0.2, 0) is 20.8 Å². The number of para-hydroxylation sites is 1. The van der Waals surface area contributed by atoms with Crippen molar-refractivity contribution in [3.63, 3.8) is 0 Å². The van der Waals surface area contributed by atoms with E-state index in [2.05, 4.69) is 40.9 Å². The Hall–Kier alpha value is -2.17. The number of aromatic nitrogens is 1. The average Bonchev–Trinajstić information content (AvgIpc) is 3.07. The molecule has 2 amide bonds. The molecule has 0 radical (unpaired) electrons. The van der Waals surface area contributed by atoms with Crippen LogP contribution in [0.2, 0.25) is 0 Å². The number of carbonyl (C=O) groups excluding carboxylic acids is 2. The van der Waals surface area contributed by atoms with Crippen LogP contribution in [0, 0.1) is 0 Å². The fourth-order valence-corrected chi connectivity index (χ4v) is 2.97. The Bertz CT molecular complexity index is 826. The van der Waals surface area contributed by atoms with Gasteiger partial charge in [-0.05, 0) is 11.6 Å². The summed E-state index contributed by atoms with van der Waals surface area (Å²) in [4.78, 5) is 39.0. The highest BCUT2D eigenvalue weighted by Gasteiger charge is 2.27. The second-order valence-corrected chi connectivity index (χ2v) is 6.73. The Labute approximate surface area is 167 Å². The molecule has 0 aliphatic heterocycles. The molecule has 0 aliphatic rings. The molecule has 2 rings (SSSR count). The van der Waals surface area contributed by atoms with Crippen LogP contribution >= 0.6 is 25.3 Å². The number of carbonyl (C=O) groups is 3. The number of H-pyrrole nitrogens is 1. The number of nitrogens with two attached hydrogens (primary N) is 1. The fraction of sp³-hybridized carbons (Fsp3) is 0.353. The minimum Gasteiger partial charge on any atom is -0.480 e. The number of thiol groups is 2. The standard InChI is InChI=1S/C17H22N4O4S2/c18-11(7-26)15(22)21-14(8-27)16(23)20-13(17(24)25)5-9-6-19-12-4-2-1-3-10(9)12/h1-4,6,11,13-14,19,26-27H,5,7-8,18H2,(H,20,23)(H,21,22)(H,24,25). The largest absolute Gasteiger partial charge is 0.480 e. The minimum atomic E-state index is -1.18. The molecule has 1 aromatic carbocycles. The smallest absolute Gasteiger partial charge is 0.326 e. The maximum atomic E-state index is 12.4. The third kappa shape index (κ3) is 5.41. The van der Waals surface area contributed by atoms with Crippen LogP contribution in [0.15, 0.2) is 30.5 Å². The van der Waals surface area contributed by atoms with Crippen LogP contribution < -0.4 is 16.4 Å². The molecule has 10 heteroatoms. The van der Waals surface area contributed by atoms with E-state index < -0.39 is 35.9 Å². The van der Waals surface area contributed by atoms with Gasteiger partial charge in [0.25, 0.3) is 0 Å². The third-order valence-corrected chi connectivity index (χ3v) is 4.82. The molecule has 0 saturated heterocycles. The second-order valence-electron chi connectivity index (χ2n) is 6.00. The van der Waals surface area contributed by atoms with Crippen molar-refractivity contribution in [2.75, 3.05) is 11.5 Å². The maximum Gasteiger partial charge on any atom is 0.326 e. The molecule has 0 spiro atoms. The summed E-state index contributed by atoms with van der Waals surface area (Å²) in [5, 5.41) is 15.3. The lowest BCUT2D eigenvalue weighted by Gasteiger charge is -2.21. The molecule has 0 fully saturated rings. The number of amides is 2. The topological polar surface area (TPSA) is 137 Å². The van der Waals surface area contributed by atoms with Gasteiger partial charge in [0.15, 0.2) is 0 Å². The summed E-state index contributed by atoms with van der Waals surface area (Å²) in [5.74, 6) is -2.26. The first-order chi connectivity index (χ1) is 12.9. The summed E-state index contributed by atoms with van der Waals surface area (Å²) in [6.07, 6.45) is 1.81. The predicted molar refractivity (Wildman–Crippen MR) is 109 cm³/mol. The molecule has 1 heterocycles. The van der Waals surface area contributed by atoms with E-state index in [1.165, 1.54) is 0 Å². The van der Waals surface area contributed by atoms with Gasteiger partial charge in [-0.2, -0.15) is 25.3 Å². The maximum absolute atomic E-state index is 12.4. The number of hydrogen-bond acceptors (Lipinski definition) is 6. The van der Waals surface area contributed by atoms with Crippen LogP contribution in [0.1, 0.15) is 5.56 Å². The lowest BCUT2D eigenvalue weighted by atomic mass is 10.0. The number of rotatable bonds is 9. The van der Waals surface area contributed by atoms with Gasteiger partial charge >= 0.3 is 5.97 Å². The van der Waals surface area contributed by atoms with E-state index in [4.69, 9.17) is 5.73 Å². The fourth-order valence-electron chi connectivity index (χ4n) is 2.55. The second kappa shape index (κ2) is 9.67. The van der Waals surface area contributed by atoms with Gasteiger partial charge in [0.05, 0.1) is 6.04 Å². The van der Waals surface area contributed by atoms with E-state index in [9.17, 15) is 19.5 Å². The summed E-state index contributed by atoms with van der Waals surface area (Å²) < 4.78 is 0. The van der Waals surface area contributed by atoms with Gasteiger partial charge in [-0.1, -0.05) is 18.2 Å². The number of carboxylic acid groups (broad SMARTS) is 1. The van der Waals surface area contributed by atoms with Crippen LogP contribution in [0.25, 0.3) is 10.9 Å². The summed E-state index contributed by atoms with van der Waals surface area (Å²) in [6, 6.07) is 4.44. The molecule has 3 atom stereocenters. The SMILES string of the molecule is NC(CS)C(=O)NC(CS)C(=O)NC(Cc1c[nH]c2ccccc12)C(=O)O. The van der Waals surface area contributed by atoms with Gasteiger partial charge in [-0.3, -0.25) is 9.59 Å². The molecule has 0 saturated carbocycles. The molecule has 0 bridgehead atoms. The molecule has 3 unspecified atom stereocenters. The van der Waals surface area contributed by atoms with E-state index in [1.807, 2.05) is 24.3 Å². The first-order valence-corrected chi connectivity index (χ1v) is 9.49. The minimum absolute atomic E-state index is 0.00368. The third-order valence-electron chi connectivity index (χ3n) is 4.06. The molecule has 8 nitrogen and oxygen atoms in total. The highest BCUT2D eigenvalue weighted by atomic mass is 32.1. The number of benzene rings is 1. The number of fused-ring (bicyclic) bond motifs is 1. The molecule has 1 aromatic heterocycles. The normalized spacial score (nSPS) is 14.3. The number of hydrogen-bond donors (Lipinski definition) is 7. The molecular formula is C17H22N4O4S2. The van der Waals surface area contributed by atoms with Crippen LogP contribution in [0.3, 0.4) is 0 Å². The Morgan fingerprint density at radius 1 is 1.07 bits per heavy atom. The van der Waals surface area contributed by atoms with Gasteiger partial charge < -0.3 is 26.5 Å². The van der Waals surface area contributed by atoms with Crippen molar-refractivity contribution < 1.29 is 19.5 Å². The lowest BCUT2D eigenvalue weighted by molar-refractivity contribution is -0.142. The van der Waals surface area contributed by atoms with Crippen molar-refractivity contribution >= 4 is 53.9 Å². The molecule has 0 aliphatic carbocycles. The zero-order valence-electron chi connectivity index (χ0n) is 14.4. The highest BCUT2D eigenvalue weighted by molar-refractivity contribution is 7.80. The van der Waals surface area contributed by atoms with Gasteiger partial charge in [0.2, 0.25) is 11.8 Å². The first-order valence-electron chi connectivity index (χ1n) is 8.23. The Morgan fingerprint density at radius 3 is 2.37 bits per heavy atom. The number of nitrogens with one attached hydrogen (secondary N) is 3. The quantitative estimate of drug-likeness (QED) is 0.291. The molecule has 146 valence electrons. The first kappa shape index (κ1) is 21.1. The van der Waals surface area contributed by atoms with Gasteiger partial charge in [-0.15, -0.1) is 0 Å². The van der Waals surface area contributed by atoms with E-state index in [0.717, 1.165) is 16.5 Å². The van der Waals surface area contributed by atoms with Crippen molar-refractivity contribution in [2.45, 2.75) is 24.5 Å². The van der Waals surface area contributed by atoms with E-state index in [1.54, 1.807) is 6.20 Å². The van der Waals surface area contributed by atoms with Gasteiger partial charge in [0.1, 0.15) is 12.1 Å². The van der Waals surface area contributed by atoms with Crippen molar-refractivity contribution in [3.05, 3.63) is 36.0 Å². The van der Waals surface area contributed by atoms with Crippen molar-refractivity contribution in [1.29, 1.82) is 0 Å². The summed E-state index contributed by atoms with van der Waals surface area (Å²) in [5.41, 5.74) is 7.21. The zero-order valence-corrected chi connectivity index (χ0v) is 16.2. The number of aliphatic carboxylic acids is 1. The summed E-state index contributed by atoms with van der Waals surface area (Å²) in [7, 11) is 0. The monoisotopic (exact) mass is 410 g/mol. The van der Waals surface area contributed by atoms with Crippen molar-refractivity contribution in [1.82, 2.24) is 15.6 Å². The average molecular weight is 411 g/mol. The van der Waals surface area contributed by atoms with Crippen LogP contribution in [0.5, 0.6) is 0 Å². The highest BCUT2D eigenvalue weighted by Crippen LogP contribution is 2.19. The molecule has 2 aromatic rings. The predicted octanol–water partition coefficient (Wildman–Crippen LogP) is -0.0485. The van der Waals surface area contributed by atoms with E-state index >= 15 is 0 Å². The number of carboxylic acids is 1. The van der Waals surface area contributed by atoms with Crippen LogP contribution in [-0.4, -0.2) is 57.5 Å². The van der Waals surface area contributed by atoms with Crippen molar-refractivity contribution in [2.24, 2.45) is 5.73 Å². The summed E-state index contributed by atoms with van der Waals surface area (Å²) in [6.45, 7) is 0. The Morgan fingerprint density at radius 2 is 1.74 bits per heavy atom. The van der Waals surface area contributed by atoms with Gasteiger partial charge in [-0.25, -0.2) is 4.79 Å². The van der Waals surface area contributed by atoms with E-state index in [0.29, 0.717) is 0 Å². The lowest BCUT2D eigenvalue weighted by Crippen LogP contribution is -2.55. The Kier molecular flexibility index (Phi) is 7.57. The number of aromatic amines is 1. The van der Waals surface area contributed by atoms with Crippen LogP contribution in [0.4, 0.5) is 0 Å². The summed E-state index contributed by atoms with van der Waals surface area (Å²) >= 11 is 7.98. The zero-order chi connectivity index (χ0) is 20.0. The van der Waals surface area contributed by atoms with E-state index in [-0.39, 0.29) is 17.9 Å².